The van der Waals surface area contributed by atoms with E-state index in [1.165, 1.54) is 12.1 Å². The average molecular weight is 367 g/mol. The Morgan fingerprint density at radius 2 is 1.88 bits per heavy atom. The van der Waals surface area contributed by atoms with Crippen molar-refractivity contribution in [3.8, 4) is 0 Å². The van der Waals surface area contributed by atoms with E-state index < -0.39 is 10.0 Å². The van der Waals surface area contributed by atoms with Gasteiger partial charge in [-0.25, -0.2) is 8.42 Å². The van der Waals surface area contributed by atoms with Gasteiger partial charge in [0.15, 0.2) is 0 Å². The van der Waals surface area contributed by atoms with E-state index >= 15 is 0 Å². The molecule has 7 heteroatoms. The van der Waals surface area contributed by atoms with Gasteiger partial charge in [0, 0.05) is 17.1 Å². The number of hydrogen-bond donors (Lipinski definition) is 2. The minimum atomic E-state index is -3.79. The van der Waals surface area contributed by atoms with Crippen molar-refractivity contribution < 1.29 is 13.2 Å². The Labute approximate surface area is 147 Å². The molecule has 5 nitrogen and oxygen atoms in total. The highest BCUT2D eigenvalue weighted by molar-refractivity contribution is 7.92. The number of hydrogen-bond acceptors (Lipinski definition) is 3. The number of amides is 1. The third kappa shape index (κ3) is 4.72. The fourth-order valence-corrected chi connectivity index (χ4v) is 3.69. The second kappa shape index (κ2) is 7.68. The number of carbonyl (C=O) groups excluding carboxylic acids is 1. The average Bonchev–Trinajstić information content (AvgIpc) is 2.49. The van der Waals surface area contributed by atoms with Crippen molar-refractivity contribution in [1.82, 2.24) is 0 Å². The van der Waals surface area contributed by atoms with Crippen LogP contribution in [0.1, 0.15) is 25.3 Å². The van der Waals surface area contributed by atoms with Crippen LogP contribution >= 0.6 is 11.6 Å². The largest absolute Gasteiger partial charge is 0.326 e. The van der Waals surface area contributed by atoms with Gasteiger partial charge < -0.3 is 5.32 Å². The first kappa shape index (κ1) is 18.3. The maximum Gasteiger partial charge on any atom is 0.262 e. The Morgan fingerprint density at radius 3 is 2.54 bits per heavy atom. The van der Waals surface area contributed by atoms with Gasteiger partial charge in [-0.3, -0.25) is 9.52 Å². The summed E-state index contributed by atoms with van der Waals surface area (Å²) in [5, 5.41) is 3.14. The molecule has 0 aromatic heterocycles. The van der Waals surface area contributed by atoms with Gasteiger partial charge in [0.05, 0.1) is 10.6 Å². The topological polar surface area (TPSA) is 75.3 Å². The summed E-state index contributed by atoms with van der Waals surface area (Å²) in [7, 11) is -3.79. The van der Waals surface area contributed by atoms with Gasteiger partial charge in [-0.15, -0.1) is 0 Å². The van der Waals surface area contributed by atoms with Gasteiger partial charge in [0.1, 0.15) is 0 Å². The van der Waals surface area contributed by atoms with E-state index in [1.807, 2.05) is 6.92 Å². The molecule has 2 rings (SSSR count). The Morgan fingerprint density at radius 1 is 1.12 bits per heavy atom. The fourth-order valence-electron chi connectivity index (χ4n) is 2.18. The second-order valence-corrected chi connectivity index (χ2v) is 7.48. The van der Waals surface area contributed by atoms with Gasteiger partial charge in [0.25, 0.3) is 10.0 Å². The van der Waals surface area contributed by atoms with E-state index in [1.54, 1.807) is 37.3 Å². The molecule has 0 spiro atoms. The van der Waals surface area contributed by atoms with Crippen LogP contribution in [0.25, 0.3) is 0 Å². The Hall–Kier alpha value is -2.05. The summed E-state index contributed by atoms with van der Waals surface area (Å²) in [5.41, 5.74) is 1.41. The SMILES string of the molecule is CCCC(=O)Nc1ccc(C)c(S(=O)(=O)Nc2cccc(Cl)c2)c1. The van der Waals surface area contributed by atoms with Crippen LogP contribution in [0.15, 0.2) is 47.4 Å². The van der Waals surface area contributed by atoms with Crippen molar-refractivity contribution in [2.75, 3.05) is 10.0 Å². The molecule has 0 saturated carbocycles. The third-order valence-electron chi connectivity index (χ3n) is 3.32. The molecule has 128 valence electrons. The number of anilines is 2. The summed E-state index contributed by atoms with van der Waals surface area (Å²) < 4.78 is 27.8. The van der Waals surface area contributed by atoms with Crippen LogP contribution in [0.2, 0.25) is 5.02 Å². The molecule has 0 radical (unpaired) electrons. The number of aryl methyl sites for hydroxylation is 1. The van der Waals surface area contributed by atoms with Crippen molar-refractivity contribution in [1.29, 1.82) is 0 Å². The molecule has 0 heterocycles. The summed E-state index contributed by atoms with van der Waals surface area (Å²) in [5.74, 6) is -0.146. The van der Waals surface area contributed by atoms with Crippen molar-refractivity contribution in [3.63, 3.8) is 0 Å². The van der Waals surface area contributed by atoms with Crippen LogP contribution < -0.4 is 10.0 Å². The zero-order chi connectivity index (χ0) is 17.7. The molecule has 0 unspecified atom stereocenters. The molecular formula is C17H19ClN2O3S. The van der Waals surface area contributed by atoms with Crippen LogP contribution in [-0.2, 0) is 14.8 Å². The predicted octanol–water partition coefficient (Wildman–Crippen LogP) is 4.19. The van der Waals surface area contributed by atoms with E-state index in [0.717, 1.165) is 6.42 Å². The van der Waals surface area contributed by atoms with Gasteiger partial charge in [0.2, 0.25) is 5.91 Å². The maximum absolute atomic E-state index is 12.6. The van der Waals surface area contributed by atoms with Crippen molar-refractivity contribution in [2.24, 2.45) is 0 Å². The molecule has 24 heavy (non-hydrogen) atoms. The normalized spacial score (nSPS) is 11.1. The molecule has 0 atom stereocenters. The van der Waals surface area contributed by atoms with E-state index in [4.69, 9.17) is 11.6 Å². The molecule has 2 N–H and O–H groups in total. The molecular weight excluding hydrogens is 348 g/mol. The minimum absolute atomic E-state index is 0.108. The fraction of sp³-hybridized carbons (Fsp3) is 0.235. The standard InChI is InChI=1S/C17H19ClN2O3S/c1-3-5-17(21)19-14-9-8-12(2)16(11-14)24(22,23)20-15-7-4-6-13(18)10-15/h4,6-11,20H,3,5H2,1-2H3,(H,19,21). The van der Waals surface area contributed by atoms with Crippen LogP contribution in [-0.4, -0.2) is 14.3 Å². The lowest BCUT2D eigenvalue weighted by atomic mass is 10.2. The first-order valence-electron chi connectivity index (χ1n) is 7.50. The summed E-state index contributed by atoms with van der Waals surface area (Å²) in [4.78, 5) is 11.8. The van der Waals surface area contributed by atoms with E-state index in [-0.39, 0.29) is 10.8 Å². The van der Waals surface area contributed by atoms with E-state index in [9.17, 15) is 13.2 Å². The minimum Gasteiger partial charge on any atom is -0.326 e. The zero-order valence-corrected chi connectivity index (χ0v) is 15.0. The highest BCUT2D eigenvalue weighted by Crippen LogP contribution is 2.24. The van der Waals surface area contributed by atoms with Crippen LogP contribution in [0.3, 0.4) is 0 Å². The highest BCUT2D eigenvalue weighted by Gasteiger charge is 2.18. The number of benzene rings is 2. The number of sulfonamides is 1. The van der Waals surface area contributed by atoms with Crippen molar-refractivity contribution in [2.45, 2.75) is 31.6 Å². The van der Waals surface area contributed by atoms with Gasteiger partial charge in [-0.1, -0.05) is 30.7 Å². The van der Waals surface area contributed by atoms with Gasteiger partial charge >= 0.3 is 0 Å². The lowest BCUT2D eigenvalue weighted by molar-refractivity contribution is -0.116. The molecule has 0 aliphatic heterocycles. The van der Waals surface area contributed by atoms with E-state index in [2.05, 4.69) is 10.0 Å². The summed E-state index contributed by atoms with van der Waals surface area (Å²) >= 11 is 5.88. The maximum atomic E-state index is 12.6. The Bertz CT molecular complexity index is 851. The quantitative estimate of drug-likeness (QED) is 0.804. The summed E-state index contributed by atoms with van der Waals surface area (Å²) in [6, 6.07) is 11.3. The molecule has 0 bridgehead atoms. The number of rotatable bonds is 6. The third-order valence-corrected chi connectivity index (χ3v) is 5.07. The molecule has 0 aliphatic rings. The Balaban J connectivity index is 2.30. The first-order valence-corrected chi connectivity index (χ1v) is 9.37. The predicted molar refractivity (Wildman–Crippen MR) is 97.0 cm³/mol. The Kier molecular flexibility index (Phi) is 5.85. The van der Waals surface area contributed by atoms with Gasteiger partial charge in [-0.05, 0) is 49.2 Å². The number of halogens is 1. The highest BCUT2D eigenvalue weighted by atomic mass is 35.5. The monoisotopic (exact) mass is 366 g/mol. The second-order valence-electron chi connectivity index (χ2n) is 5.39. The molecule has 2 aromatic rings. The molecule has 2 aromatic carbocycles. The van der Waals surface area contributed by atoms with Gasteiger partial charge in [-0.2, -0.15) is 0 Å². The summed E-state index contributed by atoms with van der Waals surface area (Å²) in [6.07, 6.45) is 1.11. The molecule has 0 saturated heterocycles. The van der Waals surface area contributed by atoms with E-state index in [0.29, 0.717) is 28.4 Å². The van der Waals surface area contributed by atoms with Crippen LogP contribution in [0.5, 0.6) is 0 Å². The molecule has 0 fully saturated rings. The lowest BCUT2D eigenvalue weighted by Gasteiger charge is -2.13. The molecule has 0 aliphatic carbocycles. The first-order chi connectivity index (χ1) is 11.3. The zero-order valence-electron chi connectivity index (χ0n) is 13.5. The van der Waals surface area contributed by atoms with Crippen LogP contribution in [0.4, 0.5) is 11.4 Å². The smallest absolute Gasteiger partial charge is 0.262 e. The summed E-state index contributed by atoms with van der Waals surface area (Å²) in [6.45, 7) is 3.60. The number of nitrogens with one attached hydrogen (secondary N) is 2. The van der Waals surface area contributed by atoms with Crippen molar-refractivity contribution in [3.05, 3.63) is 53.1 Å². The number of carbonyl (C=O) groups is 1. The lowest BCUT2D eigenvalue weighted by Crippen LogP contribution is -2.16. The van der Waals surface area contributed by atoms with Crippen LogP contribution in [0, 0.1) is 6.92 Å². The van der Waals surface area contributed by atoms with Crippen molar-refractivity contribution >= 4 is 38.9 Å². The molecule has 1 amide bonds.